The number of thiocyanates is 1. The number of hydrogen-bond acceptors (Lipinski definition) is 3. The number of hydrogen-bond donors (Lipinski definition) is 1. The molecule has 0 saturated heterocycles. The SMILES string of the molecule is CCO.N#C[S-].O.[Na+]. The van der Waals surface area contributed by atoms with E-state index in [0.29, 0.717) is 0 Å². The van der Waals surface area contributed by atoms with Crippen molar-refractivity contribution in [3.8, 4) is 5.40 Å². The summed E-state index contributed by atoms with van der Waals surface area (Å²) in [5, 5.41) is 16.0. The molecule has 0 rings (SSSR count). The van der Waals surface area contributed by atoms with Gasteiger partial charge in [0.15, 0.2) is 0 Å². The topological polar surface area (TPSA) is 75.5 Å². The predicted molar refractivity (Wildman–Crippen MR) is 29.4 cm³/mol. The number of nitrogens with zero attached hydrogens (tertiary/aromatic N) is 1. The van der Waals surface area contributed by atoms with Crippen molar-refractivity contribution in [2.75, 3.05) is 6.61 Å². The van der Waals surface area contributed by atoms with Gasteiger partial charge in [0, 0.05) is 6.61 Å². The zero-order valence-corrected chi connectivity index (χ0v) is 7.83. The molecule has 3 N–H and O–H groups in total. The van der Waals surface area contributed by atoms with Crippen LogP contribution in [0.25, 0.3) is 0 Å². The summed E-state index contributed by atoms with van der Waals surface area (Å²) < 4.78 is 0. The van der Waals surface area contributed by atoms with Crippen LogP contribution in [0.1, 0.15) is 6.92 Å². The third kappa shape index (κ3) is 529. The number of rotatable bonds is 0. The van der Waals surface area contributed by atoms with E-state index >= 15 is 0 Å². The first-order valence-electron chi connectivity index (χ1n) is 1.45. The Balaban J connectivity index is -0.0000000160. The Morgan fingerprint density at radius 3 is 1.75 bits per heavy atom. The fraction of sp³-hybridized carbons (Fsp3) is 0.667. The Kier molecular flexibility index (Phi) is 142. The minimum absolute atomic E-state index is 0. The maximum Gasteiger partial charge on any atom is 1.00 e. The summed E-state index contributed by atoms with van der Waals surface area (Å²) in [6, 6.07) is 0. The van der Waals surface area contributed by atoms with E-state index in [-0.39, 0.29) is 41.6 Å². The molecule has 0 aliphatic heterocycles. The van der Waals surface area contributed by atoms with Gasteiger partial charge in [-0.05, 0) is 6.92 Å². The van der Waals surface area contributed by atoms with Gasteiger partial charge in [0.2, 0.25) is 0 Å². The van der Waals surface area contributed by atoms with Gasteiger partial charge in [-0.25, -0.2) is 5.26 Å². The molecule has 0 aliphatic rings. The molecule has 8 heavy (non-hydrogen) atoms. The van der Waals surface area contributed by atoms with Crippen molar-refractivity contribution < 1.29 is 40.1 Å². The third-order valence-electron chi connectivity index (χ3n) is 0. The zero-order chi connectivity index (χ0) is 5.41. The Labute approximate surface area is 76.7 Å². The first kappa shape index (κ1) is 23.4. The summed E-state index contributed by atoms with van der Waals surface area (Å²) in [4.78, 5) is 0. The summed E-state index contributed by atoms with van der Waals surface area (Å²) >= 11 is 3.70. The van der Waals surface area contributed by atoms with Crippen LogP contribution in [0, 0.1) is 10.7 Å². The van der Waals surface area contributed by atoms with Gasteiger partial charge in [-0.3, -0.25) is 0 Å². The van der Waals surface area contributed by atoms with Crippen molar-refractivity contribution in [1.29, 1.82) is 5.26 Å². The number of aliphatic hydroxyl groups excluding tert-OH is 1. The summed E-state index contributed by atoms with van der Waals surface area (Å²) in [6.07, 6.45) is 0. The molecule has 0 amide bonds. The fourth-order valence-electron chi connectivity index (χ4n) is 0. The molecule has 0 spiro atoms. The van der Waals surface area contributed by atoms with E-state index in [4.69, 9.17) is 10.4 Å². The fourth-order valence-corrected chi connectivity index (χ4v) is 0. The van der Waals surface area contributed by atoms with E-state index in [1.807, 2.05) is 0 Å². The van der Waals surface area contributed by atoms with Crippen LogP contribution in [-0.4, -0.2) is 17.2 Å². The monoisotopic (exact) mass is 145 g/mol. The van der Waals surface area contributed by atoms with Crippen LogP contribution >= 0.6 is 0 Å². The van der Waals surface area contributed by atoms with Crippen molar-refractivity contribution >= 4 is 12.6 Å². The zero-order valence-electron chi connectivity index (χ0n) is 5.01. The van der Waals surface area contributed by atoms with E-state index < -0.39 is 0 Å². The van der Waals surface area contributed by atoms with E-state index in [1.165, 1.54) is 5.40 Å². The normalized spacial score (nSPS) is 3.12. The van der Waals surface area contributed by atoms with Crippen molar-refractivity contribution in [3.63, 3.8) is 0 Å². The average Bonchev–Trinajstić information content (AvgIpc) is 1.39. The largest absolute Gasteiger partial charge is 1.00 e. The van der Waals surface area contributed by atoms with E-state index in [1.54, 1.807) is 6.92 Å². The third-order valence-corrected chi connectivity index (χ3v) is 0. The molecule has 0 fully saturated rings. The number of nitriles is 1. The Hall–Kier alpha value is 0.630. The second kappa shape index (κ2) is 48.5. The minimum Gasteiger partial charge on any atom is -0.696 e. The summed E-state index contributed by atoms with van der Waals surface area (Å²) in [7, 11) is 0. The molecule has 5 heteroatoms. The molecule has 0 aromatic heterocycles. The van der Waals surface area contributed by atoms with E-state index in [2.05, 4.69) is 12.6 Å². The van der Waals surface area contributed by atoms with Gasteiger partial charge < -0.3 is 23.2 Å². The molecule has 3 nitrogen and oxygen atoms in total. The molecule has 0 unspecified atom stereocenters. The molecule has 44 valence electrons. The molecular formula is C3H8NNaO2S. The van der Waals surface area contributed by atoms with Crippen LogP contribution in [0.2, 0.25) is 0 Å². The summed E-state index contributed by atoms with van der Waals surface area (Å²) in [6.45, 7) is 1.93. The standard InChI is InChI=1S/C2H6O.CHNS.Na.H2O/c1-2-3;2-1-3;;/h3H,2H2,1H3;3H;;1H2/q;;+1;/p-1. The average molecular weight is 145 g/mol. The van der Waals surface area contributed by atoms with Gasteiger partial charge in [0.1, 0.15) is 0 Å². The molecule has 0 radical (unpaired) electrons. The van der Waals surface area contributed by atoms with Crippen LogP contribution in [0.3, 0.4) is 0 Å². The summed E-state index contributed by atoms with van der Waals surface area (Å²) in [5.41, 5.74) is 0. The molecule has 0 bridgehead atoms. The van der Waals surface area contributed by atoms with E-state index in [9.17, 15) is 0 Å². The molecule has 0 aromatic carbocycles. The van der Waals surface area contributed by atoms with Crippen molar-refractivity contribution in [2.45, 2.75) is 6.92 Å². The van der Waals surface area contributed by atoms with E-state index in [0.717, 1.165) is 0 Å². The van der Waals surface area contributed by atoms with Crippen LogP contribution < -0.4 is 29.6 Å². The van der Waals surface area contributed by atoms with Gasteiger partial charge in [-0.1, -0.05) is 5.40 Å². The van der Waals surface area contributed by atoms with Gasteiger partial charge in [0.25, 0.3) is 0 Å². The van der Waals surface area contributed by atoms with Crippen molar-refractivity contribution in [1.82, 2.24) is 0 Å². The molecule has 0 aromatic rings. The van der Waals surface area contributed by atoms with Crippen molar-refractivity contribution in [3.05, 3.63) is 0 Å². The first-order valence-corrected chi connectivity index (χ1v) is 1.86. The Morgan fingerprint density at radius 2 is 1.75 bits per heavy atom. The second-order valence-electron chi connectivity index (χ2n) is 0.408. The van der Waals surface area contributed by atoms with Gasteiger partial charge in [-0.15, -0.1) is 0 Å². The van der Waals surface area contributed by atoms with Gasteiger partial charge >= 0.3 is 29.6 Å². The predicted octanol–water partition coefficient (Wildman–Crippen LogP) is -3.81. The van der Waals surface area contributed by atoms with Gasteiger partial charge in [-0.2, -0.15) is 0 Å². The Morgan fingerprint density at radius 1 is 1.75 bits per heavy atom. The number of aliphatic hydroxyl groups is 1. The smallest absolute Gasteiger partial charge is 0.696 e. The molecule has 0 heterocycles. The van der Waals surface area contributed by atoms with Gasteiger partial charge in [0.05, 0.1) is 0 Å². The van der Waals surface area contributed by atoms with Crippen LogP contribution in [-0.2, 0) is 12.6 Å². The van der Waals surface area contributed by atoms with Crippen LogP contribution in [0.4, 0.5) is 0 Å². The maximum atomic E-state index is 7.57. The second-order valence-corrected chi connectivity index (χ2v) is 0.590. The minimum atomic E-state index is 0. The van der Waals surface area contributed by atoms with Crippen molar-refractivity contribution in [2.24, 2.45) is 0 Å². The first-order chi connectivity index (χ1) is 2.83. The quantitative estimate of drug-likeness (QED) is 0.216. The molecule has 0 saturated carbocycles. The van der Waals surface area contributed by atoms with Crippen LogP contribution in [0.5, 0.6) is 0 Å². The molecule has 0 atom stereocenters. The Bertz CT molecular complexity index is 47.0. The maximum absolute atomic E-state index is 7.57. The molecule has 0 aliphatic carbocycles. The summed E-state index contributed by atoms with van der Waals surface area (Å²) in [5.74, 6) is 0. The van der Waals surface area contributed by atoms with Crippen LogP contribution in [0.15, 0.2) is 0 Å². The molecular weight excluding hydrogens is 137 g/mol.